The molecule has 0 aliphatic rings. The topological polar surface area (TPSA) is 34.1 Å². The molecule has 0 N–H and O–H groups in total. The van der Waals surface area contributed by atoms with E-state index in [1.165, 1.54) is 12.5 Å². The average Bonchev–Trinajstić information content (AvgIpc) is 2.26. The first kappa shape index (κ1) is 16.0. The van der Waals surface area contributed by atoms with E-state index in [2.05, 4.69) is 0 Å². The monoisotopic (exact) mass is 208 g/mol. The van der Waals surface area contributed by atoms with Gasteiger partial charge in [0.15, 0.2) is 0 Å². The number of benzene rings is 1. The van der Waals surface area contributed by atoms with Gasteiger partial charge in [0, 0.05) is 6.42 Å². The van der Waals surface area contributed by atoms with Gasteiger partial charge in [-0.2, -0.15) is 0 Å². The Bertz CT molecular complexity index is 250. The number of hydrogen-bond donors (Lipinski definition) is 0. The number of aryl methyl sites for hydroxylation is 1. The molecule has 0 saturated carbocycles. The quantitative estimate of drug-likeness (QED) is 0.700. The molecule has 2 heteroatoms. The zero-order chi connectivity index (χ0) is 12.1. The van der Waals surface area contributed by atoms with Crippen LogP contribution in [-0.4, -0.2) is 12.6 Å². The molecule has 1 aromatic rings. The maximum absolute atomic E-state index is 10.1. The van der Waals surface area contributed by atoms with Crippen LogP contribution in [0.5, 0.6) is 0 Å². The fourth-order valence-electron chi connectivity index (χ4n) is 0.820. The minimum Gasteiger partial charge on any atom is -0.304 e. The van der Waals surface area contributed by atoms with Crippen LogP contribution in [0.4, 0.5) is 0 Å². The second-order valence-corrected chi connectivity index (χ2v) is 2.59. The summed E-state index contributed by atoms with van der Waals surface area (Å²) in [5, 5.41) is 0. The highest BCUT2D eigenvalue weighted by Gasteiger charge is 1.88. The van der Waals surface area contributed by atoms with Crippen LogP contribution in [0.2, 0.25) is 0 Å². The molecule has 0 radical (unpaired) electrons. The van der Waals surface area contributed by atoms with Crippen molar-refractivity contribution >= 4 is 12.6 Å². The first-order valence-corrected chi connectivity index (χ1v) is 5.13. The van der Waals surface area contributed by atoms with E-state index < -0.39 is 0 Å². The number of carbonyl (C=O) groups excluding carboxylic acids is 2. The predicted molar refractivity (Wildman–Crippen MR) is 64.0 cm³/mol. The molecule has 15 heavy (non-hydrogen) atoms. The molecule has 0 heterocycles. The molecule has 1 aromatic carbocycles. The summed E-state index contributed by atoms with van der Waals surface area (Å²) in [6, 6.07) is 7.98. The first-order chi connectivity index (χ1) is 7.24. The van der Waals surface area contributed by atoms with Gasteiger partial charge in [-0.1, -0.05) is 43.7 Å². The van der Waals surface area contributed by atoms with Crippen molar-refractivity contribution in [3.05, 3.63) is 35.4 Å². The number of rotatable bonds is 2. The zero-order valence-electron chi connectivity index (χ0n) is 9.99. The molecule has 0 aromatic heterocycles. The van der Waals surface area contributed by atoms with E-state index >= 15 is 0 Å². The minimum absolute atomic E-state index is 0.528. The summed E-state index contributed by atoms with van der Waals surface area (Å²) < 4.78 is 0. The summed E-state index contributed by atoms with van der Waals surface area (Å²) in [7, 11) is 0. The summed E-state index contributed by atoms with van der Waals surface area (Å²) >= 11 is 0. The Morgan fingerprint density at radius 1 is 1.07 bits per heavy atom. The largest absolute Gasteiger partial charge is 0.304 e. The fraction of sp³-hybridized carbons (Fsp3) is 0.385. The highest BCUT2D eigenvalue weighted by molar-refractivity contribution is 5.54. The van der Waals surface area contributed by atoms with Crippen LogP contribution in [0.1, 0.15) is 31.9 Å². The Balaban J connectivity index is 0. The minimum atomic E-state index is 0.528. The van der Waals surface area contributed by atoms with Crippen molar-refractivity contribution in [1.29, 1.82) is 0 Å². The lowest BCUT2D eigenvalue weighted by atomic mass is 10.1. The van der Waals surface area contributed by atoms with Crippen LogP contribution in [0.15, 0.2) is 24.3 Å². The lowest BCUT2D eigenvalue weighted by molar-refractivity contribution is -0.107. The van der Waals surface area contributed by atoms with E-state index in [9.17, 15) is 4.79 Å². The molecular formula is C13H20O2. The lowest BCUT2D eigenvalue weighted by Crippen LogP contribution is -1.84. The van der Waals surface area contributed by atoms with Gasteiger partial charge in [0.2, 0.25) is 0 Å². The standard InChI is InChI=1S/C9H10O.C2H4O.C2H6/c1-8-2-4-9(5-3-8)6-7-10;1-2-3;1-2/h2-5,7H,6H2,1H3;2H,1H3;1-2H3. The lowest BCUT2D eigenvalue weighted by Gasteiger charge is -1.93. The van der Waals surface area contributed by atoms with Crippen LogP contribution < -0.4 is 0 Å². The first-order valence-electron chi connectivity index (χ1n) is 5.13. The van der Waals surface area contributed by atoms with Crippen molar-refractivity contribution in [1.82, 2.24) is 0 Å². The van der Waals surface area contributed by atoms with Gasteiger partial charge in [-0.05, 0) is 19.4 Å². The summed E-state index contributed by atoms with van der Waals surface area (Å²) in [5.74, 6) is 0. The number of aldehydes is 2. The highest BCUT2D eigenvalue weighted by Crippen LogP contribution is 2.01. The SMILES string of the molecule is CC.CC=O.Cc1ccc(CC=O)cc1. The molecule has 0 fully saturated rings. The maximum atomic E-state index is 10.1. The van der Waals surface area contributed by atoms with Gasteiger partial charge in [0.25, 0.3) is 0 Å². The second kappa shape index (κ2) is 12.6. The zero-order valence-corrected chi connectivity index (χ0v) is 9.99. The van der Waals surface area contributed by atoms with Gasteiger partial charge >= 0.3 is 0 Å². The van der Waals surface area contributed by atoms with Crippen molar-refractivity contribution in [2.75, 3.05) is 0 Å². The normalized spacial score (nSPS) is 7.47. The highest BCUT2D eigenvalue weighted by atomic mass is 16.1. The van der Waals surface area contributed by atoms with Crippen LogP contribution >= 0.6 is 0 Å². The Labute approximate surface area is 92.3 Å². The Morgan fingerprint density at radius 2 is 1.47 bits per heavy atom. The van der Waals surface area contributed by atoms with Crippen molar-refractivity contribution in [3.8, 4) is 0 Å². The Hall–Kier alpha value is -1.44. The second-order valence-electron chi connectivity index (χ2n) is 2.59. The third kappa shape index (κ3) is 10.5. The van der Waals surface area contributed by atoms with Gasteiger partial charge in [0.1, 0.15) is 12.6 Å². The van der Waals surface area contributed by atoms with Gasteiger partial charge < -0.3 is 9.59 Å². The summed E-state index contributed by atoms with van der Waals surface area (Å²) in [6.07, 6.45) is 2.20. The smallest absolute Gasteiger partial charge is 0.124 e. The molecule has 0 unspecified atom stereocenters. The summed E-state index contributed by atoms with van der Waals surface area (Å²) in [5.41, 5.74) is 2.32. The Kier molecular flexibility index (Phi) is 13.4. The molecule has 0 saturated heterocycles. The maximum Gasteiger partial charge on any atom is 0.124 e. The van der Waals surface area contributed by atoms with E-state index in [0.717, 1.165) is 18.1 Å². The molecular weight excluding hydrogens is 188 g/mol. The molecule has 0 amide bonds. The van der Waals surface area contributed by atoms with Gasteiger partial charge in [-0.25, -0.2) is 0 Å². The molecule has 0 aliphatic carbocycles. The van der Waals surface area contributed by atoms with Crippen molar-refractivity contribution in [2.24, 2.45) is 0 Å². The molecule has 0 atom stereocenters. The molecule has 0 spiro atoms. The van der Waals surface area contributed by atoms with E-state index in [0.29, 0.717) is 6.42 Å². The van der Waals surface area contributed by atoms with Crippen LogP contribution in [-0.2, 0) is 16.0 Å². The van der Waals surface area contributed by atoms with E-state index in [-0.39, 0.29) is 0 Å². The van der Waals surface area contributed by atoms with Crippen LogP contribution in [0.3, 0.4) is 0 Å². The van der Waals surface area contributed by atoms with Crippen molar-refractivity contribution in [3.63, 3.8) is 0 Å². The van der Waals surface area contributed by atoms with Gasteiger partial charge in [0.05, 0.1) is 0 Å². The summed E-state index contributed by atoms with van der Waals surface area (Å²) in [4.78, 5) is 18.9. The fourth-order valence-corrected chi connectivity index (χ4v) is 0.820. The number of carbonyl (C=O) groups is 2. The predicted octanol–water partition coefficient (Wildman–Crippen LogP) is 2.97. The third-order valence-electron chi connectivity index (χ3n) is 1.44. The summed E-state index contributed by atoms with van der Waals surface area (Å²) in [6.45, 7) is 7.48. The molecule has 0 aliphatic heterocycles. The molecule has 2 nitrogen and oxygen atoms in total. The Morgan fingerprint density at radius 3 is 1.80 bits per heavy atom. The van der Waals surface area contributed by atoms with E-state index in [1.54, 1.807) is 0 Å². The van der Waals surface area contributed by atoms with Crippen LogP contribution in [0.25, 0.3) is 0 Å². The average molecular weight is 208 g/mol. The molecule has 0 bridgehead atoms. The van der Waals surface area contributed by atoms with E-state index in [4.69, 9.17) is 4.79 Å². The van der Waals surface area contributed by atoms with Gasteiger partial charge in [-0.15, -0.1) is 0 Å². The van der Waals surface area contributed by atoms with Crippen molar-refractivity contribution < 1.29 is 9.59 Å². The third-order valence-corrected chi connectivity index (χ3v) is 1.44. The van der Waals surface area contributed by atoms with Gasteiger partial charge in [-0.3, -0.25) is 0 Å². The molecule has 84 valence electrons. The van der Waals surface area contributed by atoms with E-state index in [1.807, 2.05) is 45.0 Å². The van der Waals surface area contributed by atoms with Crippen molar-refractivity contribution in [2.45, 2.75) is 34.1 Å². The number of hydrogen-bond acceptors (Lipinski definition) is 2. The molecule has 1 rings (SSSR count). The van der Waals surface area contributed by atoms with Crippen LogP contribution in [0, 0.1) is 6.92 Å².